The molecule has 3 rings (SSSR count). The van der Waals surface area contributed by atoms with E-state index in [4.69, 9.17) is 0 Å². The largest absolute Gasteiger partial charge is 0.479 e. The third-order valence-corrected chi connectivity index (χ3v) is 3.59. The average molecular weight is 316 g/mol. The topological polar surface area (TPSA) is 157 Å². The lowest BCUT2D eigenvalue weighted by Gasteiger charge is -2.28. The molecule has 0 aliphatic carbocycles. The van der Waals surface area contributed by atoms with Crippen molar-refractivity contribution in [3.8, 4) is 0 Å². The van der Waals surface area contributed by atoms with Crippen LogP contribution in [0, 0.1) is 0 Å². The van der Waals surface area contributed by atoms with Crippen molar-refractivity contribution in [2.24, 2.45) is 9.98 Å². The molecule has 1 atom stereocenters. The SMILES string of the molecule is O=C(O)C1=C(C(=O)O)C(O)(C(=O)O)c2ccc3c(c2=N1)=CC=N3. The lowest BCUT2D eigenvalue weighted by atomic mass is 9.82. The van der Waals surface area contributed by atoms with Crippen molar-refractivity contribution >= 4 is 35.9 Å². The molecule has 9 heteroatoms. The molecule has 0 fully saturated rings. The number of benzene rings is 1. The van der Waals surface area contributed by atoms with E-state index >= 15 is 0 Å². The smallest absolute Gasteiger partial charge is 0.355 e. The number of hydrogen-bond donors (Lipinski definition) is 4. The third-order valence-electron chi connectivity index (χ3n) is 3.59. The van der Waals surface area contributed by atoms with Crippen LogP contribution in [0.4, 0.5) is 5.69 Å². The van der Waals surface area contributed by atoms with E-state index in [1.165, 1.54) is 24.4 Å². The minimum atomic E-state index is -3.04. The molecule has 4 N–H and O–H groups in total. The van der Waals surface area contributed by atoms with Crippen molar-refractivity contribution in [2.75, 3.05) is 0 Å². The summed E-state index contributed by atoms with van der Waals surface area (Å²) in [6.45, 7) is 0. The van der Waals surface area contributed by atoms with Crippen LogP contribution in [0.5, 0.6) is 0 Å². The fourth-order valence-electron chi connectivity index (χ4n) is 2.59. The van der Waals surface area contributed by atoms with Crippen LogP contribution in [0.15, 0.2) is 33.4 Å². The van der Waals surface area contributed by atoms with Crippen molar-refractivity contribution in [3.05, 3.63) is 39.5 Å². The summed E-state index contributed by atoms with van der Waals surface area (Å²) in [5.74, 6) is -5.56. The van der Waals surface area contributed by atoms with E-state index in [0.29, 0.717) is 10.9 Å². The molecule has 0 aromatic heterocycles. The van der Waals surface area contributed by atoms with Gasteiger partial charge in [-0.1, -0.05) is 6.07 Å². The van der Waals surface area contributed by atoms with Gasteiger partial charge in [0.2, 0.25) is 5.60 Å². The first-order chi connectivity index (χ1) is 10.8. The van der Waals surface area contributed by atoms with Gasteiger partial charge in [-0.05, 0) is 12.1 Å². The van der Waals surface area contributed by atoms with E-state index < -0.39 is 34.8 Å². The Morgan fingerprint density at radius 3 is 2.30 bits per heavy atom. The molecule has 1 aromatic rings. The second kappa shape index (κ2) is 4.58. The van der Waals surface area contributed by atoms with Crippen LogP contribution in [0.1, 0.15) is 5.56 Å². The van der Waals surface area contributed by atoms with Gasteiger partial charge in [-0.2, -0.15) is 0 Å². The Labute approximate surface area is 126 Å². The number of carboxylic acid groups (broad SMARTS) is 3. The monoisotopic (exact) mass is 316 g/mol. The summed E-state index contributed by atoms with van der Waals surface area (Å²) in [5.41, 5.74) is -5.22. The van der Waals surface area contributed by atoms with Gasteiger partial charge < -0.3 is 20.4 Å². The lowest BCUT2D eigenvalue weighted by molar-refractivity contribution is -0.159. The van der Waals surface area contributed by atoms with Gasteiger partial charge in [0.25, 0.3) is 0 Å². The van der Waals surface area contributed by atoms with Crippen LogP contribution in [0.3, 0.4) is 0 Å². The minimum Gasteiger partial charge on any atom is -0.479 e. The molecule has 1 aromatic carbocycles. The predicted octanol–water partition coefficient (Wildman–Crippen LogP) is -1.49. The Hall–Kier alpha value is -3.33. The quantitative estimate of drug-likeness (QED) is 0.529. The molecule has 2 heterocycles. The van der Waals surface area contributed by atoms with Gasteiger partial charge in [0, 0.05) is 17.0 Å². The maximum Gasteiger partial charge on any atom is 0.355 e. The lowest BCUT2D eigenvalue weighted by Crippen LogP contribution is -2.50. The second-order valence-corrected chi connectivity index (χ2v) is 4.80. The number of fused-ring (bicyclic) bond motifs is 3. The maximum absolute atomic E-state index is 11.6. The fourth-order valence-corrected chi connectivity index (χ4v) is 2.59. The standard InChI is InChI=1S/C14H8N2O7/c17-11(18)8-10(12(19)20)16-9-5-3-4-15-7(5)2-1-6(9)14(8,23)13(21)22/h1-4,23H,(H,17,18)(H,19,20)(H,21,22). The predicted molar refractivity (Wildman–Crippen MR) is 73.7 cm³/mol. The zero-order chi connectivity index (χ0) is 16.9. The molecule has 0 spiro atoms. The normalized spacial score (nSPS) is 21.1. The highest BCUT2D eigenvalue weighted by atomic mass is 16.4. The van der Waals surface area contributed by atoms with Crippen LogP contribution in [0.25, 0.3) is 6.08 Å². The number of carbonyl (C=O) groups is 3. The fraction of sp³-hybridized carbons (Fsp3) is 0.0714. The Morgan fingerprint density at radius 2 is 1.74 bits per heavy atom. The number of rotatable bonds is 3. The first kappa shape index (κ1) is 14.6. The Balaban J connectivity index is 2.55. The highest BCUT2D eigenvalue weighted by molar-refractivity contribution is 6.06. The number of nitrogens with zero attached hydrogens (tertiary/aromatic N) is 2. The van der Waals surface area contributed by atoms with E-state index in [-0.39, 0.29) is 10.9 Å². The molecule has 0 amide bonds. The summed E-state index contributed by atoms with van der Waals surface area (Å²) < 4.78 is 0. The molecular formula is C14H8N2O7. The first-order valence-electron chi connectivity index (χ1n) is 6.22. The molecule has 23 heavy (non-hydrogen) atoms. The van der Waals surface area contributed by atoms with Crippen molar-refractivity contribution in [1.29, 1.82) is 0 Å². The van der Waals surface area contributed by atoms with E-state index in [2.05, 4.69) is 9.98 Å². The van der Waals surface area contributed by atoms with E-state index in [0.717, 1.165) is 0 Å². The van der Waals surface area contributed by atoms with Gasteiger partial charge >= 0.3 is 17.9 Å². The number of hydrogen-bond acceptors (Lipinski definition) is 6. The van der Waals surface area contributed by atoms with Crippen LogP contribution < -0.4 is 10.6 Å². The first-order valence-corrected chi connectivity index (χ1v) is 6.22. The van der Waals surface area contributed by atoms with Crippen molar-refractivity contribution in [2.45, 2.75) is 5.60 Å². The van der Waals surface area contributed by atoms with Gasteiger partial charge in [-0.25, -0.2) is 19.4 Å². The zero-order valence-electron chi connectivity index (χ0n) is 11.2. The second-order valence-electron chi connectivity index (χ2n) is 4.80. The van der Waals surface area contributed by atoms with Gasteiger partial charge in [-0.15, -0.1) is 0 Å². The summed E-state index contributed by atoms with van der Waals surface area (Å²) in [4.78, 5) is 42.1. The number of carboxylic acids is 3. The number of aliphatic hydroxyl groups is 1. The summed E-state index contributed by atoms with van der Waals surface area (Å²) in [7, 11) is 0. The molecule has 0 radical (unpaired) electrons. The summed E-state index contributed by atoms with van der Waals surface area (Å²) in [6.07, 6.45) is 2.86. The molecule has 1 unspecified atom stereocenters. The average Bonchev–Trinajstić information content (AvgIpc) is 2.94. The molecule has 2 aliphatic rings. The van der Waals surface area contributed by atoms with Crippen LogP contribution in [-0.4, -0.2) is 44.5 Å². The molecule has 9 nitrogen and oxygen atoms in total. The zero-order valence-corrected chi connectivity index (χ0v) is 11.2. The molecular weight excluding hydrogens is 308 g/mol. The highest BCUT2D eigenvalue weighted by Crippen LogP contribution is 2.34. The van der Waals surface area contributed by atoms with Gasteiger partial charge in [0.05, 0.1) is 11.0 Å². The summed E-state index contributed by atoms with van der Waals surface area (Å²) >= 11 is 0. The Bertz CT molecular complexity index is 974. The minimum absolute atomic E-state index is 0.132. The van der Waals surface area contributed by atoms with Crippen LogP contribution in [0.2, 0.25) is 0 Å². The molecule has 0 saturated carbocycles. The molecule has 2 aliphatic heterocycles. The van der Waals surface area contributed by atoms with Crippen molar-refractivity contribution in [3.63, 3.8) is 0 Å². The Kier molecular flexibility index (Phi) is 2.91. The van der Waals surface area contributed by atoms with Crippen molar-refractivity contribution in [1.82, 2.24) is 0 Å². The maximum atomic E-state index is 11.6. The van der Waals surface area contributed by atoms with Gasteiger partial charge in [0.15, 0.2) is 5.70 Å². The van der Waals surface area contributed by atoms with Gasteiger partial charge in [-0.3, -0.25) is 4.99 Å². The Morgan fingerprint density at radius 1 is 1.04 bits per heavy atom. The molecule has 116 valence electrons. The highest BCUT2D eigenvalue weighted by Gasteiger charge is 2.51. The molecule has 0 bridgehead atoms. The van der Waals surface area contributed by atoms with Gasteiger partial charge in [0.1, 0.15) is 5.57 Å². The van der Waals surface area contributed by atoms with E-state index in [1.807, 2.05) is 0 Å². The number of aliphatic carboxylic acids is 3. The number of aliphatic imine (C=N–C) groups is 1. The van der Waals surface area contributed by atoms with Crippen molar-refractivity contribution < 1.29 is 34.8 Å². The van der Waals surface area contributed by atoms with E-state index in [9.17, 15) is 34.8 Å². The summed E-state index contributed by atoms with van der Waals surface area (Å²) in [6, 6.07) is 2.56. The molecule has 0 saturated heterocycles. The van der Waals surface area contributed by atoms with E-state index in [1.54, 1.807) is 0 Å². The van der Waals surface area contributed by atoms with Crippen LogP contribution in [-0.2, 0) is 20.0 Å². The third kappa shape index (κ3) is 1.80. The summed E-state index contributed by atoms with van der Waals surface area (Å²) in [5, 5.41) is 38.5. The van der Waals surface area contributed by atoms with Crippen LogP contribution >= 0.6 is 0 Å².